The summed E-state index contributed by atoms with van der Waals surface area (Å²) in [5.41, 5.74) is 1.42. The van der Waals surface area contributed by atoms with E-state index in [0.717, 1.165) is 24.8 Å². The normalized spacial score (nSPS) is 15.8. The lowest BCUT2D eigenvalue weighted by molar-refractivity contribution is 0.111. The van der Waals surface area contributed by atoms with E-state index in [0.29, 0.717) is 24.6 Å². The van der Waals surface area contributed by atoms with Crippen LogP contribution in [0.5, 0.6) is 0 Å². The second-order valence-corrected chi connectivity index (χ2v) is 3.55. The van der Waals surface area contributed by atoms with Crippen molar-refractivity contribution in [3.8, 4) is 0 Å². The van der Waals surface area contributed by atoms with Crippen LogP contribution in [0, 0.1) is 0 Å². The zero-order valence-electron chi connectivity index (χ0n) is 7.89. The molecule has 5 heteroatoms. The molecule has 0 atom stereocenters. The van der Waals surface area contributed by atoms with Gasteiger partial charge < -0.3 is 5.11 Å². The monoisotopic (exact) mass is 195 g/mol. The third kappa shape index (κ3) is 1.68. The fraction of sp³-hybridized carbons (Fsp3) is 0.667. The summed E-state index contributed by atoms with van der Waals surface area (Å²) in [7, 11) is 0. The molecule has 0 bridgehead atoms. The van der Waals surface area contributed by atoms with Crippen molar-refractivity contribution in [2.75, 3.05) is 6.61 Å². The number of aryl methyl sites for hydroxylation is 1. The second kappa shape index (κ2) is 3.88. The molecule has 1 heterocycles. The molecule has 14 heavy (non-hydrogen) atoms. The van der Waals surface area contributed by atoms with E-state index in [1.54, 1.807) is 4.68 Å². The maximum Gasteiger partial charge on any atom is 0.172 e. The molecule has 1 saturated carbocycles. The zero-order valence-corrected chi connectivity index (χ0v) is 7.89. The molecule has 1 N–H and O–H groups in total. The van der Waals surface area contributed by atoms with E-state index in [1.807, 2.05) is 0 Å². The van der Waals surface area contributed by atoms with Crippen molar-refractivity contribution < 1.29 is 9.90 Å². The summed E-state index contributed by atoms with van der Waals surface area (Å²) in [4.78, 5) is 10.7. The fourth-order valence-corrected chi connectivity index (χ4v) is 1.58. The van der Waals surface area contributed by atoms with Crippen molar-refractivity contribution in [3.63, 3.8) is 0 Å². The molecular weight excluding hydrogens is 182 g/mol. The number of aromatic nitrogens is 3. The van der Waals surface area contributed by atoms with Crippen LogP contribution in [0.15, 0.2) is 0 Å². The van der Waals surface area contributed by atoms with Gasteiger partial charge in [-0.25, -0.2) is 4.68 Å². The average Bonchev–Trinajstić information content (AvgIpc) is 2.96. The first kappa shape index (κ1) is 9.33. The van der Waals surface area contributed by atoms with Gasteiger partial charge >= 0.3 is 0 Å². The largest absolute Gasteiger partial charge is 0.396 e. The van der Waals surface area contributed by atoms with Gasteiger partial charge in [-0.15, -0.1) is 5.10 Å². The highest BCUT2D eigenvalue weighted by molar-refractivity contribution is 5.73. The highest BCUT2D eigenvalue weighted by Gasteiger charge is 2.30. The molecule has 76 valence electrons. The smallest absolute Gasteiger partial charge is 0.172 e. The van der Waals surface area contributed by atoms with Crippen LogP contribution >= 0.6 is 0 Å². The second-order valence-electron chi connectivity index (χ2n) is 3.55. The maximum absolute atomic E-state index is 10.7. The molecule has 1 aromatic heterocycles. The number of hydrogen-bond donors (Lipinski definition) is 1. The Morgan fingerprint density at radius 3 is 2.93 bits per heavy atom. The van der Waals surface area contributed by atoms with Gasteiger partial charge in [0.05, 0.1) is 5.69 Å². The molecule has 0 aliphatic heterocycles. The van der Waals surface area contributed by atoms with Gasteiger partial charge in [-0.3, -0.25) is 4.79 Å². The predicted molar refractivity (Wildman–Crippen MR) is 49.1 cm³/mol. The molecule has 5 nitrogen and oxygen atoms in total. The van der Waals surface area contributed by atoms with Gasteiger partial charge in [0, 0.05) is 19.1 Å². The van der Waals surface area contributed by atoms with Crippen molar-refractivity contribution in [2.45, 2.75) is 31.7 Å². The Balaban J connectivity index is 2.20. The van der Waals surface area contributed by atoms with Crippen LogP contribution in [-0.2, 0) is 6.54 Å². The van der Waals surface area contributed by atoms with Crippen LogP contribution in [0.25, 0.3) is 0 Å². The molecule has 0 amide bonds. The number of aliphatic hydroxyl groups is 1. The topological polar surface area (TPSA) is 68.0 Å². The van der Waals surface area contributed by atoms with E-state index in [-0.39, 0.29) is 6.61 Å². The highest BCUT2D eigenvalue weighted by atomic mass is 16.3. The van der Waals surface area contributed by atoms with Crippen LogP contribution in [-0.4, -0.2) is 33.0 Å². The van der Waals surface area contributed by atoms with E-state index in [2.05, 4.69) is 10.3 Å². The van der Waals surface area contributed by atoms with E-state index in [9.17, 15) is 4.79 Å². The number of hydrogen-bond acceptors (Lipinski definition) is 4. The number of aldehydes is 1. The average molecular weight is 195 g/mol. The molecular formula is C9H13N3O2. The molecule has 1 aromatic rings. The SMILES string of the molecule is O=Cc1nnn(CCCO)c1C1CC1. The molecule has 0 aromatic carbocycles. The number of carbonyl (C=O) groups is 1. The summed E-state index contributed by atoms with van der Waals surface area (Å²) in [6.07, 6.45) is 3.65. The Morgan fingerprint density at radius 2 is 2.36 bits per heavy atom. The van der Waals surface area contributed by atoms with Gasteiger partial charge in [0.25, 0.3) is 0 Å². The first-order valence-corrected chi connectivity index (χ1v) is 4.86. The minimum Gasteiger partial charge on any atom is -0.396 e. The Morgan fingerprint density at radius 1 is 1.57 bits per heavy atom. The third-order valence-corrected chi connectivity index (χ3v) is 2.40. The molecule has 0 unspecified atom stereocenters. The molecule has 0 radical (unpaired) electrons. The summed E-state index contributed by atoms with van der Waals surface area (Å²) in [6.45, 7) is 0.781. The van der Waals surface area contributed by atoms with Gasteiger partial charge in [0.2, 0.25) is 0 Å². The summed E-state index contributed by atoms with van der Waals surface area (Å²) < 4.78 is 1.75. The van der Waals surface area contributed by atoms with Crippen molar-refractivity contribution in [3.05, 3.63) is 11.4 Å². The predicted octanol–water partition coefficient (Wildman–Crippen LogP) is 0.350. The van der Waals surface area contributed by atoms with Gasteiger partial charge in [-0.2, -0.15) is 0 Å². The Labute approximate surface area is 81.7 Å². The molecule has 2 rings (SSSR count). The first-order valence-electron chi connectivity index (χ1n) is 4.86. The lowest BCUT2D eigenvalue weighted by Crippen LogP contribution is -2.06. The third-order valence-electron chi connectivity index (χ3n) is 2.40. The quantitative estimate of drug-likeness (QED) is 0.688. The molecule has 0 spiro atoms. The van der Waals surface area contributed by atoms with E-state index < -0.39 is 0 Å². The van der Waals surface area contributed by atoms with Crippen molar-refractivity contribution in [2.24, 2.45) is 0 Å². The zero-order chi connectivity index (χ0) is 9.97. The van der Waals surface area contributed by atoms with Crippen LogP contribution in [0.4, 0.5) is 0 Å². The van der Waals surface area contributed by atoms with Crippen LogP contribution in [0.2, 0.25) is 0 Å². The molecule has 1 aliphatic carbocycles. The van der Waals surface area contributed by atoms with Crippen LogP contribution in [0.3, 0.4) is 0 Å². The lowest BCUT2D eigenvalue weighted by atomic mass is 10.2. The number of carbonyl (C=O) groups excluding carboxylic acids is 1. The summed E-state index contributed by atoms with van der Waals surface area (Å²) in [5, 5.41) is 16.4. The minimum atomic E-state index is 0.139. The minimum absolute atomic E-state index is 0.139. The van der Waals surface area contributed by atoms with E-state index >= 15 is 0 Å². The van der Waals surface area contributed by atoms with E-state index in [1.165, 1.54) is 0 Å². The molecule has 0 saturated heterocycles. The molecule has 1 aliphatic rings. The van der Waals surface area contributed by atoms with Gasteiger partial charge in [-0.05, 0) is 19.3 Å². The van der Waals surface area contributed by atoms with Crippen LogP contribution in [0.1, 0.15) is 41.4 Å². The Hall–Kier alpha value is -1.23. The standard InChI is InChI=1S/C9H13N3O2/c13-5-1-4-12-9(7-2-3-7)8(6-14)10-11-12/h6-7,13H,1-5H2. The fourth-order valence-electron chi connectivity index (χ4n) is 1.58. The van der Waals surface area contributed by atoms with Crippen molar-refractivity contribution >= 4 is 6.29 Å². The van der Waals surface area contributed by atoms with Gasteiger partial charge in [0.15, 0.2) is 6.29 Å². The Kier molecular flexibility index (Phi) is 2.58. The van der Waals surface area contributed by atoms with Crippen molar-refractivity contribution in [1.29, 1.82) is 0 Å². The number of rotatable bonds is 5. The van der Waals surface area contributed by atoms with E-state index in [4.69, 9.17) is 5.11 Å². The summed E-state index contributed by atoms with van der Waals surface area (Å²) in [5.74, 6) is 0.462. The highest BCUT2D eigenvalue weighted by Crippen LogP contribution is 2.40. The summed E-state index contributed by atoms with van der Waals surface area (Å²) >= 11 is 0. The lowest BCUT2D eigenvalue weighted by Gasteiger charge is -2.03. The van der Waals surface area contributed by atoms with Gasteiger partial charge in [-0.1, -0.05) is 5.21 Å². The molecule has 1 fully saturated rings. The maximum atomic E-state index is 10.7. The summed E-state index contributed by atoms with van der Waals surface area (Å²) in [6, 6.07) is 0. The van der Waals surface area contributed by atoms with Crippen molar-refractivity contribution in [1.82, 2.24) is 15.0 Å². The van der Waals surface area contributed by atoms with Crippen LogP contribution < -0.4 is 0 Å². The number of nitrogens with zero attached hydrogens (tertiary/aromatic N) is 3. The Bertz CT molecular complexity index is 331. The number of aliphatic hydroxyl groups excluding tert-OH is 1. The van der Waals surface area contributed by atoms with Gasteiger partial charge in [0.1, 0.15) is 5.69 Å². The first-order chi connectivity index (χ1) is 6.86.